The Morgan fingerprint density at radius 3 is 1.89 bits per heavy atom. The molecule has 0 atom stereocenters. The molecule has 0 saturated carbocycles. The monoisotopic (exact) mass is 353 g/mol. The number of methoxy groups -OCH3 is 1. The van der Waals surface area contributed by atoms with Crippen LogP contribution < -0.4 is 9.64 Å². The Morgan fingerprint density at radius 1 is 0.667 bits per heavy atom. The second-order valence-electron chi connectivity index (χ2n) is 6.02. The van der Waals surface area contributed by atoms with E-state index in [4.69, 9.17) is 4.74 Å². The van der Waals surface area contributed by atoms with Crippen LogP contribution in [0.3, 0.4) is 0 Å². The zero-order valence-corrected chi connectivity index (χ0v) is 15.0. The molecule has 27 heavy (non-hydrogen) atoms. The van der Waals surface area contributed by atoms with Crippen LogP contribution in [0.5, 0.6) is 5.75 Å². The molecule has 0 aliphatic carbocycles. The molecule has 132 valence electrons. The van der Waals surface area contributed by atoms with Crippen molar-refractivity contribution in [3.05, 3.63) is 97.1 Å². The van der Waals surface area contributed by atoms with Gasteiger partial charge in [0.05, 0.1) is 12.8 Å². The lowest BCUT2D eigenvalue weighted by molar-refractivity contribution is 0.415. The maximum Gasteiger partial charge on any atom is 0.160 e. The Hall–Kier alpha value is -3.66. The highest BCUT2D eigenvalue weighted by molar-refractivity contribution is 5.74. The lowest BCUT2D eigenvalue weighted by atomic mass is 10.1. The van der Waals surface area contributed by atoms with Crippen molar-refractivity contribution in [1.82, 2.24) is 10.2 Å². The van der Waals surface area contributed by atoms with Crippen molar-refractivity contribution in [1.29, 1.82) is 0 Å². The lowest BCUT2D eigenvalue weighted by Crippen LogP contribution is -2.12. The first-order valence-electron chi connectivity index (χ1n) is 8.73. The van der Waals surface area contributed by atoms with E-state index in [2.05, 4.69) is 39.4 Å². The molecule has 4 nitrogen and oxygen atoms in total. The van der Waals surface area contributed by atoms with Crippen LogP contribution in [0.25, 0.3) is 11.3 Å². The number of benzene rings is 3. The van der Waals surface area contributed by atoms with Crippen LogP contribution >= 0.6 is 0 Å². The van der Waals surface area contributed by atoms with E-state index in [1.807, 2.05) is 72.8 Å². The van der Waals surface area contributed by atoms with Gasteiger partial charge >= 0.3 is 0 Å². The first-order valence-corrected chi connectivity index (χ1v) is 8.73. The number of ether oxygens (including phenoxy) is 1. The summed E-state index contributed by atoms with van der Waals surface area (Å²) in [5.74, 6) is 1.56. The number of para-hydroxylation sites is 2. The lowest BCUT2D eigenvalue weighted by Gasteiger charge is -2.23. The molecule has 4 aromatic rings. The highest BCUT2D eigenvalue weighted by Crippen LogP contribution is 2.33. The summed E-state index contributed by atoms with van der Waals surface area (Å²) in [6, 6.07) is 32.1. The van der Waals surface area contributed by atoms with Crippen molar-refractivity contribution >= 4 is 17.2 Å². The minimum absolute atomic E-state index is 0.763. The van der Waals surface area contributed by atoms with Crippen LogP contribution in [0, 0.1) is 0 Å². The van der Waals surface area contributed by atoms with Gasteiger partial charge in [-0.3, -0.25) is 4.90 Å². The normalized spacial score (nSPS) is 10.4. The summed E-state index contributed by atoms with van der Waals surface area (Å²) >= 11 is 0. The standard InChI is InChI=1S/C23H19N3O/c1-27-21-14-8-9-18(17-21)22-15-16-23(25-24-22)26(19-10-4-2-5-11-19)20-12-6-3-7-13-20/h2-17H,1H3. The number of anilines is 3. The third-order valence-corrected chi connectivity index (χ3v) is 4.27. The molecule has 0 saturated heterocycles. The van der Waals surface area contributed by atoms with Gasteiger partial charge in [-0.1, -0.05) is 48.5 Å². The zero-order valence-electron chi connectivity index (χ0n) is 15.0. The van der Waals surface area contributed by atoms with E-state index in [-0.39, 0.29) is 0 Å². The number of hydrogen-bond acceptors (Lipinski definition) is 4. The molecule has 0 spiro atoms. The molecule has 4 rings (SSSR count). The van der Waals surface area contributed by atoms with Crippen LogP contribution in [0.15, 0.2) is 97.1 Å². The van der Waals surface area contributed by atoms with Gasteiger partial charge in [-0.25, -0.2) is 0 Å². The van der Waals surface area contributed by atoms with E-state index in [1.54, 1.807) is 7.11 Å². The molecular formula is C23H19N3O. The van der Waals surface area contributed by atoms with E-state index in [0.29, 0.717) is 0 Å². The Bertz CT molecular complexity index is 963. The predicted molar refractivity (Wildman–Crippen MR) is 109 cm³/mol. The molecule has 0 unspecified atom stereocenters. The highest BCUT2D eigenvalue weighted by atomic mass is 16.5. The maximum atomic E-state index is 5.30. The summed E-state index contributed by atoms with van der Waals surface area (Å²) < 4.78 is 5.30. The van der Waals surface area contributed by atoms with Crippen molar-refractivity contribution in [2.45, 2.75) is 0 Å². The summed E-state index contributed by atoms with van der Waals surface area (Å²) in [6.07, 6.45) is 0. The van der Waals surface area contributed by atoms with Crippen LogP contribution in [-0.2, 0) is 0 Å². The van der Waals surface area contributed by atoms with Gasteiger partial charge < -0.3 is 4.74 Å². The Morgan fingerprint density at radius 2 is 1.33 bits per heavy atom. The van der Waals surface area contributed by atoms with E-state index in [9.17, 15) is 0 Å². The van der Waals surface area contributed by atoms with Gasteiger partial charge in [-0.2, -0.15) is 0 Å². The van der Waals surface area contributed by atoms with Gasteiger partial charge in [-0.15, -0.1) is 10.2 Å². The third kappa shape index (κ3) is 3.65. The number of aromatic nitrogens is 2. The SMILES string of the molecule is COc1cccc(-c2ccc(N(c3ccccc3)c3ccccc3)nn2)c1. The topological polar surface area (TPSA) is 38.2 Å². The summed E-state index contributed by atoms with van der Waals surface area (Å²) in [6.45, 7) is 0. The van der Waals surface area contributed by atoms with Crippen molar-refractivity contribution in [2.24, 2.45) is 0 Å². The fourth-order valence-corrected chi connectivity index (χ4v) is 2.95. The Kier molecular flexibility index (Phi) is 4.79. The van der Waals surface area contributed by atoms with Gasteiger partial charge in [0, 0.05) is 16.9 Å². The molecule has 1 heterocycles. The van der Waals surface area contributed by atoms with Gasteiger partial charge in [0.25, 0.3) is 0 Å². The van der Waals surface area contributed by atoms with Gasteiger partial charge in [0.15, 0.2) is 5.82 Å². The van der Waals surface area contributed by atoms with Crippen LogP contribution in [0.4, 0.5) is 17.2 Å². The van der Waals surface area contributed by atoms with E-state index in [1.165, 1.54) is 0 Å². The zero-order chi connectivity index (χ0) is 18.5. The molecule has 1 aromatic heterocycles. The van der Waals surface area contributed by atoms with Gasteiger partial charge in [0.2, 0.25) is 0 Å². The molecule has 3 aromatic carbocycles. The predicted octanol–water partition coefficient (Wildman–Crippen LogP) is 5.62. The van der Waals surface area contributed by atoms with Gasteiger partial charge in [-0.05, 0) is 48.5 Å². The maximum absolute atomic E-state index is 5.30. The quantitative estimate of drug-likeness (QED) is 0.466. The van der Waals surface area contributed by atoms with Crippen LogP contribution in [-0.4, -0.2) is 17.3 Å². The van der Waals surface area contributed by atoms with E-state index < -0.39 is 0 Å². The summed E-state index contributed by atoms with van der Waals surface area (Å²) in [5, 5.41) is 8.95. The van der Waals surface area contributed by atoms with Gasteiger partial charge in [0.1, 0.15) is 5.75 Å². The molecule has 0 fully saturated rings. The molecule has 0 bridgehead atoms. The largest absolute Gasteiger partial charge is 0.497 e. The minimum atomic E-state index is 0.763. The fraction of sp³-hybridized carbons (Fsp3) is 0.0435. The first kappa shape index (κ1) is 16.8. The van der Waals surface area contributed by atoms with Crippen molar-refractivity contribution in [3.63, 3.8) is 0 Å². The van der Waals surface area contributed by atoms with E-state index >= 15 is 0 Å². The van der Waals surface area contributed by atoms with Crippen molar-refractivity contribution < 1.29 is 4.74 Å². The number of hydrogen-bond donors (Lipinski definition) is 0. The molecule has 0 N–H and O–H groups in total. The third-order valence-electron chi connectivity index (χ3n) is 4.27. The second-order valence-corrected chi connectivity index (χ2v) is 6.02. The van der Waals surface area contributed by atoms with Crippen LogP contribution in [0.1, 0.15) is 0 Å². The molecular weight excluding hydrogens is 334 g/mol. The first-order chi connectivity index (χ1) is 13.3. The van der Waals surface area contributed by atoms with E-state index in [0.717, 1.165) is 34.2 Å². The molecule has 0 radical (unpaired) electrons. The molecule has 0 aliphatic rings. The minimum Gasteiger partial charge on any atom is -0.497 e. The highest BCUT2D eigenvalue weighted by Gasteiger charge is 2.14. The second kappa shape index (κ2) is 7.70. The molecule has 0 amide bonds. The summed E-state index contributed by atoms with van der Waals surface area (Å²) in [5.41, 5.74) is 3.84. The fourth-order valence-electron chi connectivity index (χ4n) is 2.95. The average molecular weight is 353 g/mol. The average Bonchev–Trinajstić information content (AvgIpc) is 2.76. The molecule has 0 aliphatic heterocycles. The molecule has 4 heteroatoms. The Balaban J connectivity index is 1.73. The van der Waals surface area contributed by atoms with Crippen molar-refractivity contribution in [2.75, 3.05) is 12.0 Å². The summed E-state index contributed by atoms with van der Waals surface area (Å²) in [7, 11) is 1.66. The van der Waals surface area contributed by atoms with Crippen molar-refractivity contribution in [3.8, 4) is 17.0 Å². The summed E-state index contributed by atoms with van der Waals surface area (Å²) in [4.78, 5) is 2.09. The Labute approximate surface area is 158 Å². The van der Waals surface area contributed by atoms with Crippen LogP contribution in [0.2, 0.25) is 0 Å². The number of rotatable bonds is 5. The smallest absolute Gasteiger partial charge is 0.160 e. The number of nitrogens with zero attached hydrogens (tertiary/aromatic N) is 3.